The highest BCUT2D eigenvalue weighted by molar-refractivity contribution is 6.02. The van der Waals surface area contributed by atoms with Gasteiger partial charge in [0.1, 0.15) is 28.6 Å². The van der Waals surface area contributed by atoms with Gasteiger partial charge in [-0.05, 0) is 79.1 Å². The Morgan fingerprint density at radius 1 is 0.816 bits per heavy atom. The second kappa shape index (κ2) is 13.7. The molecule has 2 heterocycles. The summed E-state index contributed by atoms with van der Waals surface area (Å²) < 4.78 is 23.2. The van der Waals surface area contributed by atoms with Gasteiger partial charge in [0.2, 0.25) is 5.91 Å². The highest BCUT2D eigenvalue weighted by atomic mass is 16.7. The number of carbonyl (C=O) groups excluding carboxylic acids is 3. The van der Waals surface area contributed by atoms with E-state index in [1.807, 2.05) is 32.0 Å². The Bertz CT molecular complexity index is 1880. The van der Waals surface area contributed by atoms with Gasteiger partial charge in [-0.2, -0.15) is 0 Å². The molecule has 0 aliphatic carbocycles. The highest BCUT2D eigenvalue weighted by Gasteiger charge is 2.44. The first-order chi connectivity index (χ1) is 23.6. The Labute approximate surface area is 283 Å². The van der Waals surface area contributed by atoms with E-state index in [2.05, 4.69) is 0 Å². The van der Waals surface area contributed by atoms with Gasteiger partial charge in [0.25, 0.3) is 5.91 Å². The molecule has 11 nitrogen and oxygen atoms in total. The van der Waals surface area contributed by atoms with Crippen molar-refractivity contribution in [3.05, 3.63) is 95.6 Å². The molecule has 0 radical (unpaired) electrons. The molecule has 11 heteroatoms. The van der Waals surface area contributed by atoms with Gasteiger partial charge in [-0.1, -0.05) is 30.3 Å². The van der Waals surface area contributed by atoms with Gasteiger partial charge in [-0.25, -0.2) is 4.79 Å². The normalized spacial score (nSPS) is 14.8. The minimum Gasteiger partial charge on any atom is -0.493 e. The molecule has 0 unspecified atom stereocenters. The zero-order valence-corrected chi connectivity index (χ0v) is 27.2. The third-order valence-corrected chi connectivity index (χ3v) is 8.81. The number of ketones is 1. The quantitative estimate of drug-likeness (QED) is 0.148. The van der Waals surface area contributed by atoms with E-state index in [1.54, 1.807) is 65.6 Å². The molecule has 1 saturated heterocycles. The highest BCUT2D eigenvalue weighted by Crippen LogP contribution is 2.43. The molecule has 3 N–H and O–H groups in total. The lowest BCUT2D eigenvalue weighted by Gasteiger charge is -2.44. The summed E-state index contributed by atoms with van der Waals surface area (Å²) in [5.74, 6) is 0.899. The van der Waals surface area contributed by atoms with E-state index in [1.165, 1.54) is 0 Å². The molecule has 0 saturated carbocycles. The molecule has 0 bridgehead atoms. The van der Waals surface area contributed by atoms with Gasteiger partial charge in [0, 0.05) is 37.1 Å². The minimum absolute atomic E-state index is 0.0162. The molecule has 49 heavy (non-hydrogen) atoms. The Morgan fingerprint density at radius 3 is 1.98 bits per heavy atom. The second-order valence-electron chi connectivity index (χ2n) is 11.9. The first kappa shape index (κ1) is 33.1. The van der Waals surface area contributed by atoms with E-state index in [0.29, 0.717) is 84.2 Å². The van der Waals surface area contributed by atoms with Crippen LogP contribution < -0.4 is 24.7 Å². The number of likely N-dealkylation sites (tertiary alicyclic amines) is 1. The van der Waals surface area contributed by atoms with Gasteiger partial charge in [-0.15, -0.1) is 0 Å². The van der Waals surface area contributed by atoms with Crippen molar-refractivity contribution in [2.24, 2.45) is 5.73 Å². The van der Waals surface area contributed by atoms with Gasteiger partial charge in [0.05, 0.1) is 30.8 Å². The first-order valence-corrected chi connectivity index (χ1v) is 16.1. The molecular weight excluding hydrogens is 628 g/mol. The van der Waals surface area contributed by atoms with E-state index in [9.17, 15) is 19.2 Å². The van der Waals surface area contributed by atoms with Crippen LogP contribution in [0.5, 0.6) is 23.0 Å². The Kier molecular flexibility index (Phi) is 9.26. The third kappa shape index (κ3) is 6.92. The number of piperidine rings is 1. The van der Waals surface area contributed by atoms with Gasteiger partial charge in [-0.3, -0.25) is 14.4 Å². The fraction of sp³-hybridized carbons (Fsp3) is 0.263. The number of carbonyl (C=O) groups is 4. The van der Waals surface area contributed by atoms with Gasteiger partial charge < -0.3 is 34.7 Å². The molecule has 2 aliphatic rings. The summed E-state index contributed by atoms with van der Waals surface area (Å²) in [7, 11) is 0. The number of Topliss-reactive ketones (excluding diaryl/α,β-unsaturated/α-hetero) is 1. The van der Waals surface area contributed by atoms with E-state index in [4.69, 9.17) is 29.8 Å². The van der Waals surface area contributed by atoms with E-state index < -0.39 is 17.7 Å². The Hall–Kier alpha value is -5.84. The maximum atomic E-state index is 13.9. The lowest BCUT2D eigenvalue weighted by molar-refractivity contribution is -0.00573. The fourth-order valence-corrected chi connectivity index (χ4v) is 6.41. The van der Waals surface area contributed by atoms with Crippen molar-refractivity contribution in [3.63, 3.8) is 0 Å². The van der Waals surface area contributed by atoms with Crippen molar-refractivity contribution in [1.82, 2.24) is 4.90 Å². The summed E-state index contributed by atoms with van der Waals surface area (Å²) in [6, 6.07) is 22.3. The van der Waals surface area contributed by atoms with Crippen LogP contribution in [0.4, 0.5) is 4.79 Å². The number of ether oxygens (including phenoxy) is 4. The standard InChI is InChI=1S/C38H36N2O9/c1-3-46-32-20-27(21-33(47-4-2)34(32)24-9-12-28(13-10-24)48-37(44)45)36(43)40-17-15-38(16-18-40)22-30(41)29-19-26(11-14-31(29)49-38)23-5-7-25(8-6-23)35(39)42/h5-14,19-21H,3-4,15-18,22H2,1-2H3,(H2,39,42)(H,44,45). The lowest BCUT2D eigenvalue weighted by Crippen LogP contribution is -2.52. The molecule has 2 aliphatic heterocycles. The molecule has 4 aromatic rings. The second-order valence-corrected chi connectivity index (χ2v) is 11.9. The maximum absolute atomic E-state index is 13.9. The average Bonchev–Trinajstić information content (AvgIpc) is 3.09. The van der Waals surface area contributed by atoms with Crippen LogP contribution in [-0.4, -0.2) is 65.7 Å². The van der Waals surface area contributed by atoms with Crippen LogP contribution in [0.25, 0.3) is 22.3 Å². The number of hydrogen-bond donors (Lipinski definition) is 2. The number of amides is 2. The molecule has 0 aromatic heterocycles. The SMILES string of the molecule is CCOc1cc(C(=O)N2CCC3(CC2)CC(=O)c2cc(-c4ccc(C(N)=O)cc4)ccc2O3)cc(OCC)c1-c1ccc(OC(=O)O)cc1. The molecule has 1 fully saturated rings. The van der Waals surface area contributed by atoms with Crippen molar-refractivity contribution in [2.75, 3.05) is 26.3 Å². The topological polar surface area (TPSA) is 155 Å². The summed E-state index contributed by atoms with van der Waals surface area (Å²) in [4.78, 5) is 51.5. The zero-order valence-electron chi connectivity index (χ0n) is 27.2. The zero-order chi connectivity index (χ0) is 34.7. The molecule has 252 valence electrons. The van der Waals surface area contributed by atoms with E-state index >= 15 is 0 Å². The number of carboxylic acid groups (broad SMARTS) is 1. The van der Waals surface area contributed by atoms with Crippen molar-refractivity contribution in [1.29, 1.82) is 0 Å². The monoisotopic (exact) mass is 664 g/mol. The number of nitrogens with zero attached hydrogens (tertiary/aromatic N) is 1. The molecular formula is C38H36N2O9. The van der Waals surface area contributed by atoms with Crippen LogP contribution in [0.1, 0.15) is 64.2 Å². The summed E-state index contributed by atoms with van der Waals surface area (Å²) in [5.41, 5.74) is 9.00. The van der Waals surface area contributed by atoms with Crippen LogP contribution in [0.2, 0.25) is 0 Å². The largest absolute Gasteiger partial charge is 0.511 e. The van der Waals surface area contributed by atoms with Crippen LogP contribution in [0, 0.1) is 0 Å². The number of nitrogens with two attached hydrogens (primary N) is 1. The number of fused-ring (bicyclic) bond motifs is 1. The smallest absolute Gasteiger partial charge is 0.493 e. The predicted molar refractivity (Wildman–Crippen MR) is 181 cm³/mol. The average molecular weight is 665 g/mol. The van der Waals surface area contributed by atoms with Crippen LogP contribution >= 0.6 is 0 Å². The van der Waals surface area contributed by atoms with Crippen LogP contribution in [-0.2, 0) is 0 Å². The third-order valence-electron chi connectivity index (χ3n) is 8.81. The summed E-state index contributed by atoms with van der Waals surface area (Å²) in [6.45, 7) is 5.18. The van der Waals surface area contributed by atoms with E-state index in [-0.39, 0.29) is 23.9 Å². The number of benzene rings is 4. The van der Waals surface area contributed by atoms with E-state index in [0.717, 1.165) is 11.1 Å². The number of rotatable bonds is 9. The molecule has 6 rings (SSSR count). The minimum atomic E-state index is -1.41. The number of primary amides is 1. The Morgan fingerprint density at radius 2 is 1.41 bits per heavy atom. The first-order valence-electron chi connectivity index (χ1n) is 16.1. The molecule has 0 atom stereocenters. The van der Waals surface area contributed by atoms with Crippen LogP contribution in [0.3, 0.4) is 0 Å². The van der Waals surface area contributed by atoms with Crippen molar-refractivity contribution < 1.29 is 43.2 Å². The predicted octanol–water partition coefficient (Wildman–Crippen LogP) is 6.61. The van der Waals surface area contributed by atoms with Gasteiger partial charge in [0.15, 0.2) is 5.78 Å². The van der Waals surface area contributed by atoms with Crippen molar-refractivity contribution in [2.45, 2.75) is 38.7 Å². The molecule has 4 aromatic carbocycles. The summed E-state index contributed by atoms with van der Waals surface area (Å²) >= 11 is 0. The molecule has 2 amide bonds. The van der Waals surface area contributed by atoms with Crippen molar-refractivity contribution >= 4 is 23.8 Å². The van der Waals surface area contributed by atoms with Crippen molar-refractivity contribution in [3.8, 4) is 45.3 Å². The fourth-order valence-electron chi connectivity index (χ4n) is 6.41. The molecule has 1 spiro atoms. The maximum Gasteiger partial charge on any atom is 0.511 e. The summed E-state index contributed by atoms with van der Waals surface area (Å²) in [6.07, 6.45) is -0.226. The van der Waals surface area contributed by atoms with Gasteiger partial charge >= 0.3 is 6.16 Å². The Balaban J connectivity index is 1.19. The lowest BCUT2D eigenvalue weighted by atomic mass is 9.82. The van der Waals surface area contributed by atoms with Crippen LogP contribution in [0.15, 0.2) is 78.9 Å². The summed E-state index contributed by atoms with van der Waals surface area (Å²) in [5, 5.41) is 8.93. The number of hydrogen-bond acceptors (Lipinski definition) is 8.